The average Bonchev–Trinajstić information content (AvgIpc) is 3.42. The number of anilines is 2. The Balaban J connectivity index is 1.37. The molecule has 0 saturated carbocycles. The molecule has 1 aromatic carbocycles. The third kappa shape index (κ3) is 5.14. The molecule has 1 aliphatic rings. The molecule has 1 saturated heterocycles. The highest BCUT2D eigenvalue weighted by Crippen LogP contribution is 2.21. The van der Waals surface area contributed by atoms with Gasteiger partial charge in [-0.2, -0.15) is 5.10 Å². The number of aromatic amines is 1. The summed E-state index contributed by atoms with van der Waals surface area (Å²) in [5.74, 6) is -3.70. The monoisotopic (exact) mass is 461 g/mol. The van der Waals surface area contributed by atoms with Gasteiger partial charge >= 0.3 is 0 Å². The average molecular weight is 461 g/mol. The topological polar surface area (TPSA) is 116 Å². The molecule has 0 bridgehead atoms. The highest BCUT2D eigenvalue weighted by atomic mass is 32.1. The maximum atomic E-state index is 13.8. The molecule has 1 aliphatic heterocycles. The van der Waals surface area contributed by atoms with E-state index in [2.05, 4.69) is 35.9 Å². The highest BCUT2D eigenvalue weighted by molar-refractivity contribution is 7.15. The summed E-state index contributed by atoms with van der Waals surface area (Å²) in [4.78, 5) is 27.3. The zero-order valence-electron chi connectivity index (χ0n) is 17.0. The van der Waals surface area contributed by atoms with Gasteiger partial charge in [0.05, 0.1) is 5.69 Å². The van der Waals surface area contributed by atoms with Gasteiger partial charge in [-0.1, -0.05) is 23.8 Å². The van der Waals surface area contributed by atoms with Crippen molar-refractivity contribution in [3.8, 4) is 0 Å². The van der Waals surface area contributed by atoms with Gasteiger partial charge in [0.2, 0.25) is 5.13 Å². The zero-order valence-corrected chi connectivity index (χ0v) is 17.8. The quantitative estimate of drug-likeness (QED) is 0.498. The van der Waals surface area contributed by atoms with Crippen LogP contribution in [0.1, 0.15) is 45.1 Å². The van der Waals surface area contributed by atoms with Crippen LogP contribution in [-0.4, -0.2) is 56.7 Å². The van der Waals surface area contributed by atoms with Crippen LogP contribution in [-0.2, 0) is 6.42 Å². The molecule has 9 nitrogen and oxygen atoms in total. The van der Waals surface area contributed by atoms with Crippen molar-refractivity contribution in [1.29, 1.82) is 0 Å². The van der Waals surface area contributed by atoms with E-state index in [9.17, 15) is 18.4 Å². The Morgan fingerprint density at radius 3 is 2.56 bits per heavy atom. The summed E-state index contributed by atoms with van der Waals surface area (Å²) >= 11 is 1.26. The second-order valence-corrected chi connectivity index (χ2v) is 8.37. The molecular weight excluding hydrogens is 440 g/mol. The number of aromatic nitrogens is 4. The van der Waals surface area contributed by atoms with E-state index in [4.69, 9.17) is 0 Å². The minimum absolute atomic E-state index is 0.0232. The molecule has 1 fully saturated rings. The highest BCUT2D eigenvalue weighted by Gasteiger charge is 2.22. The normalized spacial score (nSPS) is 14.3. The molecule has 2 amide bonds. The summed E-state index contributed by atoms with van der Waals surface area (Å²) < 4.78 is 27.7. The second-order valence-electron chi connectivity index (χ2n) is 7.31. The predicted molar refractivity (Wildman–Crippen MR) is 115 cm³/mol. The van der Waals surface area contributed by atoms with Crippen LogP contribution >= 0.6 is 11.3 Å². The molecule has 0 aliphatic carbocycles. The molecule has 12 heteroatoms. The molecule has 4 rings (SSSR count). The van der Waals surface area contributed by atoms with Crippen molar-refractivity contribution in [1.82, 2.24) is 25.3 Å². The number of H-pyrrole nitrogens is 1. The second kappa shape index (κ2) is 9.92. The van der Waals surface area contributed by atoms with Crippen molar-refractivity contribution < 1.29 is 18.4 Å². The van der Waals surface area contributed by atoms with Crippen molar-refractivity contribution in [3.05, 3.63) is 52.3 Å². The number of hydrogen-bond donors (Lipinski definition) is 3. The van der Waals surface area contributed by atoms with Crippen LogP contribution in [0.3, 0.4) is 0 Å². The molecule has 3 heterocycles. The fourth-order valence-corrected chi connectivity index (χ4v) is 4.18. The molecule has 0 radical (unpaired) electrons. The first-order valence-electron chi connectivity index (χ1n) is 10.2. The van der Waals surface area contributed by atoms with Gasteiger partial charge < -0.3 is 10.2 Å². The number of likely N-dealkylation sites (tertiary alicyclic amines) is 1. The summed E-state index contributed by atoms with van der Waals surface area (Å²) in [6.45, 7) is 3.07. The molecule has 0 unspecified atom stereocenters. The Kier molecular flexibility index (Phi) is 6.81. The smallest absolute Gasteiger partial charge is 0.280 e. The first-order valence-corrected chi connectivity index (χ1v) is 11.0. The van der Waals surface area contributed by atoms with Crippen molar-refractivity contribution in [2.24, 2.45) is 0 Å². The number of rotatable bonds is 7. The number of piperidine rings is 1. The number of carbonyl (C=O) groups is 2. The van der Waals surface area contributed by atoms with Crippen molar-refractivity contribution in [3.63, 3.8) is 0 Å². The fourth-order valence-electron chi connectivity index (χ4n) is 3.46. The lowest BCUT2D eigenvalue weighted by Crippen LogP contribution is -2.31. The number of carbonyl (C=O) groups excluding carboxylic acids is 2. The first-order chi connectivity index (χ1) is 15.5. The van der Waals surface area contributed by atoms with Crippen LogP contribution in [0.5, 0.6) is 0 Å². The van der Waals surface area contributed by atoms with Crippen LogP contribution in [0, 0.1) is 11.6 Å². The van der Waals surface area contributed by atoms with Gasteiger partial charge in [0, 0.05) is 19.2 Å². The third-order valence-corrected chi connectivity index (χ3v) is 5.97. The van der Waals surface area contributed by atoms with Crippen LogP contribution in [0.2, 0.25) is 0 Å². The van der Waals surface area contributed by atoms with E-state index in [-0.39, 0.29) is 11.4 Å². The summed E-state index contributed by atoms with van der Waals surface area (Å²) in [6.07, 6.45) is 5.69. The number of hydrogen-bond acceptors (Lipinski definition) is 7. The van der Waals surface area contributed by atoms with Gasteiger partial charge in [0.1, 0.15) is 22.2 Å². The Morgan fingerprint density at radius 2 is 1.81 bits per heavy atom. The van der Waals surface area contributed by atoms with Crippen molar-refractivity contribution in [2.45, 2.75) is 25.7 Å². The molecule has 3 aromatic rings. The Labute approximate surface area is 186 Å². The maximum absolute atomic E-state index is 13.8. The van der Waals surface area contributed by atoms with Crippen LogP contribution in [0.15, 0.2) is 24.4 Å². The Morgan fingerprint density at radius 1 is 1.06 bits per heavy atom. The summed E-state index contributed by atoms with van der Waals surface area (Å²) in [7, 11) is 0. The van der Waals surface area contributed by atoms with Crippen molar-refractivity contribution in [2.75, 3.05) is 30.3 Å². The molecule has 168 valence electrons. The van der Waals surface area contributed by atoms with E-state index < -0.39 is 29.0 Å². The molecule has 0 spiro atoms. The molecule has 0 atom stereocenters. The van der Waals surface area contributed by atoms with E-state index in [0.29, 0.717) is 5.13 Å². The lowest BCUT2D eigenvalue weighted by atomic mass is 10.1. The van der Waals surface area contributed by atoms with E-state index in [1.165, 1.54) is 36.8 Å². The summed E-state index contributed by atoms with van der Waals surface area (Å²) in [5.41, 5.74) is -0.923. The SMILES string of the molecule is O=C(Nc1nnc(CCN2CCCCC2)s1)c1n[nH]cc1NC(=O)c1c(F)cccc1F. The zero-order chi connectivity index (χ0) is 22.5. The van der Waals surface area contributed by atoms with Gasteiger partial charge in [-0.3, -0.25) is 20.0 Å². The molecule has 2 aromatic heterocycles. The number of benzene rings is 1. The van der Waals surface area contributed by atoms with E-state index in [0.717, 1.165) is 49.3 Å². The molecule has 32 heavy (non-hydrogen) atoms. The van der Waals surface area contributed by atoms with E-state index in [1.54, 1.807) is 0 Å². The number of amides is 2. The van der Waals surface area contributed by atoms with Gasteiger partial charge in [-0.15, -0.1) is 10.2 Å². The minimum atomic E-state index is -1.04. The van der Waals surface area contributed by atoms with Gasteiger partial charge in [-0.25, -0.2) is 8.78 Å². The van der Waals surface area contributed by atoms with Gasteiger partial charge in [-0.05, 0) is 38.1 Å². The lowest BCUT2D eigenvalue weighted by molar-refractivity contribution is 0.101. The summed E-state index contributed by atoms with van der Waals surface area (Å²) in [6, 6.07) is 3.10. The minimum Gasteiger partial charge on any atom is -0.318 e. The van der Waals surface area contributed by atoms with E-state index >= 15 is 0 Å². The number of halogens is 2. The van der Waals surface area contributed by atoms with Crippen LogP contribution in [0.25, 0.3) is 0 Å². The van der Waals surface area contributed by atoms with Gasteiger partial charge in [0.15, 0.2) is 5.69 Å². The largest absolute Gasteiger partial charge is 0.318 e. The lowest BCUT2D eigenvalue weighted by Gasteiger charge is -2.25. The maximum Gasteiger partial charge on any atom is 0.280 e. The predicted octanol–water partition coefficient (Wildman–Crippen LogP) is 3.07. The molecular formula is C20H21F2N7O2S. The Bertz CT molecular complexity index is 1090. The summed E-state index contributed by atoms with van der Waals surface area (Å²) in [5, 5.41) is 20.4. The van der Waals surface area contributed by atoms with Crippen LogP contribution in [0.4, 0.5) is 19.6 Å². The van der Waals surface area contributed by atoms with Gasteiger partial charge in [0.25, 0.3) is 11.8 Å². The third-order valence-electron chi connectivity index (χ3n) is 5.07. The fraction of sp³-hybridized carbons (Fsp3) is 0.350. The van der Waals surface area contributed by atoms with Crippen LogP contribution < -0.4 is 10.6 Å². The Hall–Kier alpha value is -3.25. The number of nitrogens with zero attached hydrogens (tertiary/aromatic N) is 4. The number of nitrogens with one attached hydrogen (secondary N) is 3. The molecule has 3 N–H and O–H groups in total. The first kappa shape index (κ1) is 22.0. The van der Waals surface area contributed by atoms with Crippen molar-refractivity contribution >= 4 is 34.0 Å². The standard InChI is InChI=1S/C20H21F2N7O2S/c21-12-5-4-6-13(22)16(12)18(30)24-14-11-23-27-17(14)19(31)25-20-28-26-15(32-20)7-10-29-8-2-1-3-9-29/h4-6,11H,1-3,7-10H2,(H,23,27)(H,24,30)(H,25,28,31). The van der Waals surface area contributed by atoms with E-state index in [1.807, 2.05) is 0 Å².